The summed E-state index contributed by atoms with van der Waals surface area (Å²) in [5.74, 6) is -0.00136. The minimum absolute atomic E-state index is 0.00136. The van der Waals surface area contributed by atoms with Crippen LogP contribution in [0.25, 0.3) is 0 Å². The number of carbonyl (C=O) groups excluding carboxylic acids is 1. The van der Waals surface area contributed by atoms with Crippen molar-refractivity contribution in [2.45, 2.75) is 44.8 Å². The molecule has 1 aliphatic heterocycles. The Morgan fingerprint density at radius 3 is 2.78 bits per heavy atom. The molecular formula is C19H23NO2S. The third kappa shape index (κ3) is 4.01. The van der Waals surface area contributed by atoms with Crippen LogP contribution in [0.3, 0.4) is 0 Å². The van der Waals surface area contributed by atoms with Gasteiger partial charge in [-0.15, -0.1) is 11.3 Å². The van der Waals surface area contributed by atoms with Gasteiger partial charge in [0.15, 0.2) is 0 Å². The Hall–Kier alpha value is -1.65. The Morgan fingerprint density at radius 1 is 1.35 bits per heavy atom. The van der Waals surface area contributed by atoms with Gasteiger partial charge in [0.2, 0.25) is 5.91 Å². The van der Waals surface area contributed by atoms with Crippen molar-refractivity contribution in [2.75, 3.05) is 6.61 Å². The van der Waals surface area contributed by atoms with E-state index in [1.165, 1.54) is 5.56 Å². The SMILES string of the molecule is CCCc1ccc(C(NC(=O)C2CCCO2)c2cccs2)cc1. The van der Waals surface area contributed by atoms with Gasteiger partial charge >= 0.3 is 0 Å². The van der Waals surface area contributed by atoms with Crippen LogP contribution in [0.1, 0.15) is 48.2 Å². The highest BCUT2D eigenvalue weighted by molar-refractivity contribution is 7.10. The van der Waals surface area contributed by atoms with E-state index < -0.39 is 0 Å². The molecule has 4 heteroatoms. The molecule has 23 heavy (non-hydrogen) atoms. The average Bonchev–Trinajstić information content (AvgIpc) is 3.27. The van der Waals surface area contributed by atoms with Crippen LogP contribution < -0.4 is 5.32 Å². The number of thiophene rings is 1. The second-order valence-electron chi connectivity index (χ2n) is 5.95. The van der Waals surface area contributed by atoms with Crippen molar-refractivity contribution >= 4 is 17.2 Å². The van der Waals surface area contributed by atoms with E-state index in [1.807, 2.05) is 11.4 Å². The number of benzene rings is 1. The lowest BCUT2D eigenvalue weighted by Gasteiger charge is -2.20. The molecule has 1 saturated heterocycles. The fraction of sp³-hybridized carbons (Fsp3) is 0.421. The fourth-order valence-electron chi connectivity index (χ4n) is 2.96. The van der Waals surface area contributed by atoms with Crippen molar-refractivity contribution < 1.29 is 9.53 Å². The zero-order chi connectivity index (χ0) is 16.1. The van der Waals surface area contributed by atoms with Crippen LogP contribution in [0.2, 0.25) is 0 Å². The van der Waals surface area contributed by atoms with Crippen LogP contribution in [0.5, 0.6) is 0 Å². The Morgan fingerprint density at radius 2 is 2.17 bits per heavy atom. The van der Waals surface area contributed by atoms with Crippen LogP contribution in [0.4, 0.5) is 0 Å². The van der Waals surface area contributed by atoms with E-state index >= 15 is 0 Å². The molecular weight excluding hydrogens is 306 g/mol. The number of nitrogens with one attached hydrogen (secondary N) is 1. The molecule has 0 saturated carbocycles. The first-order valence-electron chi connectivity index (χ1n) is 8.32. The van der Waals surface area contributed by atoms with Gasteiger partial charge in [0.25, 0.3) is 0 Å². The van der Waals surface area contributed by atoms with Gasteiger partial charge in [-0.1, -0.05) is 43.7 Å². The third-order valence-corrected chi connectivity index (χ3v) is 5.13. The third-order valence-electron chi connectivity index (χ3n) is 4.19. The lowest BCUT2D eigenvalue weighted by Crippen LogP contribution is -2.37. The number of amides is 1. The van der Waals surface area contributed by atoms with Gasteiger partial charge in [0.1, 0.15) is 6.10 Å². The van der Waals surface area contributed by atoms with Crippen molar-refractivity contribution in [1.29, 1.82) is 0 Å². The summed E-state index contributed by atoms with van der Waals surface area (Å²) in [5, 5.41) is 5.22. The van der Waals surface area contributed by atoms with Gasteiger partial charge in [-0.05, 0) is 41.8 Å². The lowest BCUT2D eigenvalue weighted by atomic mass is 10.0. The summed E-state index contributed by atoms with van der Waals surface area (Å²) in [7, 11) is 0. The van der Waals surface area contributed by atoms with Crippen LogP contribution in [0.15, 0.2) is 41.8 Å². The molecule has 2 heterocycles. The molecule has 0 radical (unpaired) electrons. The topological polar surface area (TPSA) is 38.3 Å². The maximum Gasteiger partial charge on any atom is 0.249 e. The Kier molecular flexibility index (Phi) is 5.47. The van der Waals surface area contributed by atoms with Crippen molar-refractivity contribution in [3.63, 3.8) is 0 Å². The van der Waals surface area contributed by atoms with Crippen molar-refractivity contribution in [3.05, 3.63) is 57.8 Å². The van der Waals surface area contributed by atoms with E-state index in [4.69, 9.17) is 4.74 Å². The molecule has 2 atom stereocenters. The summed E-state index contributed by atoms with van der Waals surface area (Å²) in [6.45, 7) is 2.87. The molecule has 1 aromatic carbocycles. The summed E-state index contributed by atoms with van der Waals surface area (Å²) in [6, 6.07) is 12.6. The van der Waals surface area contributed by atoms with Crippen LogP contribution in [-0.4, -0.2) is 18.6 Å². The van der Waals surface area contributed by atoms with E-state index in [9.17, 15) is 4.79 Å². The van der Waals surface area contributed by atoms with E-state index in [0.717, 1.165) is 36.1 Å². The van der Waals surface area contributed by atoms with Crippen LogP contribution in [-0.2, 0) is 16.0 Å². The van der Waals surface area contributed by atoms with E-state index in [0.29, 0.717) is 6.61 Å². The molecule has 0 bridgehead atoms. The van der Waals surface area contributed by atoms with Crippen LogP contribution >= 0.6 is 11.3 Å². The zero-order valence-electron chi connectivity index (χ0n) is 13.5. The molecule has 3 rings (SSSR count). The van der Waals surface area contributed by atoms with E-state index in [2.05, 4.69) is 42.6 Å². The van der Waals surface area contributed by atoms with Gasteiger partial charge in [-0.2, -0.15) is 0 Å². The van der Waals surface area contributed by atoms with Gasteiger partial charge in [-0.25, -0.2) is 0 Å². The van der Waals surface area contributed by atoms with Gasteiger partial charge in [0, 0.05) is 11.5 Å². The predicted octanol–water partition coefficient (Wildman–Crippen LogP) is 4.09. The normalized spacial score (nSPS) is 18.7. The lowest BCUT2D eigenvalue weighted by molar-refractivity contribution is -0.130. The first-order valence-corrected chi connectivity index (χ1v) is 9.20. The number of aryl methyl sites for hydroxylation is 1. The minimum atomic E-state index is -0.295. The van der Waals surface area contributed by atoms with Gasteiger partial charge in [-0.3, -0.25) is 4.79 Å². The molecule has 1 fully saturated rings. The highest BCUT2D eigenvalue weighted by Crippen LogP contribution is 2.27. The monoisotopic (exact) mass is 329 g/mol. The van der Waals surface area contributed by atoms with E-state index in [-0.39, 0.29) is 18.1 Å². The maximum absolute atomic E-state index is 12.5. The molecule has 1 aromatic heterocycles. The molecule has 3 nitrogen and oxygen atoms in total. The molecule has 1 amide bonds. The summed E-state index contributed by atoms with van der Waals surface area (Å²) in [4.78, 5) is 13.6. The van der Waals surface area contributed by atoms with Crippen molar-refractivity contribution in [2.24, 2.45) is 0 Å². The van der Waals surface area contributed by atoms with Crippen molar-refractivity contribution in [1.82, 2.24) is 5.32 Å². The maximum atomic E-state index is 12.5. The first-order chi connectivity index (χ1) is 11.3. The molecule has 0 spiro atoms. The highest BCUT2D eigenvalue weighted by Gasteiger charge is 2.27. The van der Waals surface area contributed by atoms with Gasteiger partial charge in [0.05, 0.1) is 6.04 Å². The number of hydrogen-bond acceptors (Lipinski definition) is 3. The molecule has 1 N–H and O–H groups in total. The molecule has 122 valence electrons. The Bertz CT molecular complexity index is 615. The van der Waals surface area contributed by atoms with Gasteiger partial charge < -0.3 is 10.1 Å². The Labute approximate surface area is 141 Å². The number of hydrogen-bond donors (Lipinski definition) is 1. The average molecular weight is 329 g/mol. The number of rotatable bonds is 6. The second-order valence-corrected chi connectivity index (χ2v) is 6.93. The number of ether oxygens (including phenoxy) is 1. The predicted molar refractivity (Wildman–Crippen MR) is 93.7 cm³/mol. The second kappa shape index (κ2) is 7.75. The largest absolute Gasteiger partial charge is 0.368 e. The number of carbonyl (C=O) groups is 1. The smallest absolute Gasteiger partial charge is 0.249 e. The molecule has 0 aliphatic carbocycles. The molecule has 1 aliphatic rings. The molecule has 2 aromatic rings. The molecule has 2 unspecified atom stereocenters. The van der Waals surface area contributed by atoms with Crippen molar-refractivity contribution in [3.8, 4) is 0 Å². The summed E-state index contributed by atoms with van der Waals surface area (Å²) < 4.78 is 5.51. The Balaban J connectivity index is 1.79. The standard InChI is InChI=1S/C19H23NO2S/c1-2-5-14-8-10-15(11-9-14)18(17-7-4-13-23-17)20-19(21)16-6-3-12-22-16/h4,7-11,13,16,18H,2-3,5-6,12H2,1H3,(H,20,21). The highest BCUT2D eigenvalue weighted by atomic mass is 32.1. The summed E-state index contributed by atoms with van der Waals surface area (Å²) in [5.41, 5.74) is 2.46. The first kappa shape index (κ1) is 16.2. The minimum Gasteiger partial charge on any atom is -0.368 e. The fourth-order valence-corrected chi connectivity index (χ4v) is 3.76. The van der Waals surface area contributed by atoms with E-state index in [1.54, 1.807) is 11.3 Å². The quantitative estimate of drug-likeness (QED) is 0.867. The zero-order valence-corrected chi connectivity index (χ0v) is 14.3. The van der Waals surface area contributed by atoms with Crippen LogP contribution in [0, 0.1) is 0 Å². The summed E-state index contributed by atoms with van der Waals surface area (Å²) >= 11 is 1.67. The summed E-state index contributed by atoms with van der Waals surface area (Å²) in [6.07, 6.45) is 3.72.